The van der Waals surface area contributed by atoms with Crippen molar-refractivity contribution in [2.45, 2.75) is 13.1 Å². The molecule has 1 unspecified atom stereocenters. The summed E-state index contributed by atoms with van der Waals surface area (Å²) in [5.41, 5.74) is 1.21. The molecule has 0 amide bonds. The van der Waals surface area contributed by atoms with E-state index in [1.807, 2.05) is 0 Å². The number of hydrogen-bond donors (Lipinski definition) is 0. The van der Waals surface area contributed by atoms with Crippen LogP contribution in [0.1, 0.15) is 22.8 Å². The summed E-state index contributed by atoms with van der Waals surface area (Å²) in [6, 6.07) is 5.07. The number of esters is 1. The van der Waals surface area contributed by atoms with Crippen molar-refractivity contribution < 1.29 is 18.6 Å². The summed E-state index contributed by atoms with van der Waals surface area (Å²) in [6.45, 7) is 3.80. The van der Waals surface area contributed by atoms with E-state index in [-0.39, 0.29) is 6.16 Å². The maximum absolute atomic E-state index is 12.1. The predicted octanol–water partition coefficient (Wildman–Crippen LogP) is 3.68. The number of methoxy groups -OCH3 is 1. The molecule has 0 spiro atoms. The van der Waals surface area contributed by atoms with Gasteiger partial charge in [-0.25, -0.2) is 4.79 Å². The lowest BCUT2D eigenvalue weighted by atomic mass is 10.1. The van der Waals surface area contributed by atoms with E-state index in [9.17, 15) is 9.36 Å². The molecule has 1 rings (SSSR count). The molecule has 0 saturated carbocycles. The topological polar surface area (TPSA) is 52.6 Å². The van der Waals surface area contributed by atoms with Crippen LogP contribution in [0, 0.1) is 0 Å². The van der Waals surface area contributed by atoms with Crippen molar-refractivity contribution in [3.05, 3.63) is 33.8 Å². The zero-order valence-corrected chi connectivity index (χ0v) is 13.1. The standard InChI is InChI=1S/C12H16BrO4P/c1-4-17-18(3,15)8-10-7-9(12(14)16-2)5-6-11(10)13/h5-7H,4,8H2,1-3H3. The number of ether oxygens (including phenoxy) is 1. The predicted molar refractivity (Wildman–Crippen MR) is 74.3 cm³/mol. The Morgan fingerprint density at radius 2 is 2.11 bits per heavy atom. The molecule has 0 aromatic heterocycles. The summed E-state index contributed by atoms with van der Waals surface area (Å²) in [7, 11) is -1.35. The molecular weight excluding hydrogens is 319 g/mol. The van der Waals surface area contributed by atoms with E-state index in [0.29, 0.717) is 12.2 Å². The molecule has 1 aromatic rings. The molecule has 18 heavy (non-hydrogen) atoms. The molecule has 0 N–H and O–H groups in total. The summed E-state index contributed by atoms with van der Waals surface area (Å²) in [5.74, 6) is -0.411. The van der Waals surface area contributed by atoms with Gasteiger partial charge in [0.2, 0.25) is 7.37 Å². The van der Waals surface area contributed by atoms with Gasteiger partial charge in [-0.1, -0.05) is 15.9 Å². The Balaban J connectivity index is 3.01. The molecule has 100 valence electrons. The maximum Gasteiger partial charge on any atom is 0.337 e. The van der Waals surface area contributed by atoms with Crippen LogP contribution in [0.3, 0.4) is 0 Å². The van der Waals surface area contributed by atoms with Crippen molar-refractivity contribution in [2.75, 3.05) is 20.4 Å². The van der Waals surface area contributed by atoms with Crippen molar-refractivity contribution >= 4 is 29.3 Å². The Bertz CT molecular complexity index is 487. The highest BCUT2D eigenvalue weighted by Gasteiger charge is 2.19. The van der Waals surface area contributed by atoms with E-state index >= 15 is 0 Å². The van der Waals surface area contributed by atoms with Gasteiger partial charge in [-0.05, 0) is 30.7 Å². The second kappa shape index (κ2) is 6.50. The first-order valence-corrected chi connectivity index (χ1v) is 8.52. The molecule has 1 aromatic carbocycles. The van der Waals surface area contributed by atoms with E-state index in [0.717, 1.165) is 10.0 Å². The Morgan fingerprint density at radius 3 is 2.67 bits per heavy atom. The van der Waals surface area contributed by atoms with Gasteiger partial charge in [0.25, 0.3) is 0 Å². The average Bonchev–Trinajstić information content (AvgIpc) is 2.30. The largest absolute Gasteiger partial charge is 0.465 e. The molecule has 0 aliphatic heterocycles. The van der Waals surface area contributed by atoms with Gasteiger partial charge in [0.1, 0.15) is 0 Å². The molecule has 1 atom stereocenters. The number of carbonyl (C=O) groups excluding carboxylic acids is 1. The number of rotatable bonds is 5. The lowest BCUT2D eigenvalue weighted by Gasteiger charge is -2.14. The van der Waals surface area contributed by atoms with Crippen LogP contribution in [0.5, 0.6) is 0 Å². The number of benzene rings is 1. The fraction of sp³-hybridized carbons (Fsp3) is 0.417. The summed E-state index contributed by atoms with van der Waals surface area (Å²) in [4.78, 5) is 11.4. The fourth-order valence-corrected chi connectivity index (χ4v) is 3.69. The second-order valence-electron chi connectivity index (χ2n) is 3.89. The Kier molecular flexibility index (Phi) is 5.57. The van der Waals surface area contributed by atoms with E-state index < -0.39 is 13.3 Å². The number of halogens is 1. The first-order valence-electron chi connectivity index (χ1n) is 5.47. The lowest BCUT2D eigenvalue weighted by Crippen LogP contribution is -2.02. The fourth-order valence-electron chi connectivity index (χ4n) is 1.57. The van der Waals surface area contributed by atoms with Crippen LogP contribution < -0.4 is 0 Å². The van der Waals surface area contributed by atoms with E-state index in [1.54, 1.807) is 31.8 Å². The first-order chi connectivity index (χ1) is 8.39. The van der Waals surface area contributed by atoms with Crippen LogP contribution in [0.15, 0.2) is 22.7 Å². The van der Waals surface area contributed by atoms with Crippen molar-refractivity contribution in [1.82, 2.24) is 0 Å². The molecule has 4 nitrogen and oxygen atoms in total. The molecule has 0 aliphatic rings. The van der Waals surface area contributed by atoms with E-state index in [1.165, 1.54) is 7.11 Å². The quantitative estimate of drug-likeness (QED) is 0.608. The molecule has 0 bridgehead atoms. The molecular formula is C12H16BrO4P. The third-order valence-corrected chi connectivity index (χ3v) is 4.82. The monoisotopic (exact) mass is 334 g/mol. The van der Waals surface area contributed by atoms with Crippen LogP contribution in [-0.4, -0.2) is 26.4 Å². The Morgan fingerprint density at radius 1 is 1.44 bits per heavy atom. The summed E-state index contributed by atoms with van der Waals surface area (Å²) in [6.07, 6.45) is 0.284. The average molecular weight is 335 g/mol. The lowest BCUT2D eigenvalue weighted by molar-refractivity contribution is 0.0600. The van der Waals surface area contributed by atoms with Crippen LogP contribution in [-0.2, 0) is 20.0 Å². The van der Waals surface area contributed by atoms with Gasteiger partial charge in [0, 0.05) is 11.1 Å². The van der Waals surface area contributed by atoms with Gasteiger partial charge in [-0.15, -0.1) is 0 Å². The zero-order chi connectivity index (χ0) is 13.8. The van der Waals surface area contributed by atoms with Crippen LogP contribution in [0.25, 0.3) is 0 Å². The van der Waals surface area contributed by atoms with Gasteiger partial charge in [0.15, 0.2) is 0 Å². The Hall–Kier alpha value is -0.640. The third kappa shape index (κ3) is 4.23. The minimum absolute atomic E-state index is 0.284. The highest BCUT2D eigenvalue weighted by Crippen LogP contribution is 2.47. The van der Waals surface area contributed by atoms with Crippen LogP contribution >= 0.6 is 23.3 Å². The third-order valence-electron chi connectivity index (χ3n) is 2.33. The molecule has 0 saturated heterocycles. The highest BCUT2D eigenvalue weighted by molar-refractivity contribution is 9.10. The van der Waals surface area contributed by atoms with Crippen molar-refractivity contribution in [2.24, 2.45) is 0 Å². The maximum atomic E-state index is 12.1. The van der Waals surface area contributed by atoms with Gasteiger partial charge in [-0.2, -0.15) is 0 Å². The summed E-state index contributed by atoms with van der Waals surface area (Å²) < 4.78 is 22.8. The van der Waals surface area contributed by atoms with Gasteiger partial charge in [-0.3, -0.25) is 4.57 Å². The Labute approximate surface area is 115 Å². The number of carbonyl (C=O) groups is 1. The second-order valence-corrected chi connectivity index (χ2v) is 7.34. The van der Waals surface area contributed by atoms with Crippen molar-refractivity contribution in [3.8, 4) is 0 Å². The van der Waals surface area contributed by atoms with Crippen LogP contribution in [0.2, 0.25) is 0 Å². The SMILES string of the molecule is CCOP(C)(=O)Cc1cc(C(=O)OC)ccc1Br. The zero-order valence-electron chi connectivity index (χ0n) is 10.6. The van der Waals surface area contributed by atoms with E-state index in [4.69, 9.17) is 4.52 Å². The van der Waals surface area contributed by atoms with Gasteiger partial charge in [0.05, 0.1) is 25.4 Å². The highest BCUT2D eigenvalue weighted by atomic mass is 79.9. The van der Waals surface area contributed by atoms with E-state index in [2.05, 4.69) is 20.7 Å². The van der Waals surface area contributed by atoms with Gasteiger partial charge < -0.3 is 9.26 Å². The smallest absolute Gasteiger partial charge is 0.337 e. The minimum Gasteiger partial charge on any atom is -0.465 e. The van der Waals surface area contributed by atoms with Crippen LogP contribution in [0.4, 0.5) is 0 Å². The normalized spacial score (nSPS) is 14.0. The number of hydrogen-bond acceptors (Lipinski definition) is 4. The molecule has 0 fully saturated rings. The summed E-state index contributed by atoms with van der Waals surface area (Å²) >= 11 is 3.38. The van der Waals surface area contributed by atoms with Crippen molar-refractivity contribution in [1.29, 1.82) is 0 Å². The first kappa shape index (κ1) is 15.4. The molecule has 0 radical (unpaired) electrons. The van der Waals surface area contributed by atoms with Crippen molar-refractivity contribution in [3.63, 3.8) is 0 Å². The molecule has 0 aliphatic carbocycles. The van der Waals surface area contributed by atoms with Gasteiger partial charge >= 0.3 is 5.97 Å². The molecule has 0 heterocycles. The summed E-state index contributed by atoms with van der Waals surface area (Å²) in [5, 5.41) is 0. The molecule has 6 heteroatoms. The minimum atomic E-state index is -2.68.